The Hall–Kier alpha value is -0.503. The van der Waals surface area contributed by atoms with Crippen molar-refractivity contribution in [3.8, 4) is 0 Å². The molecule has 0 saturated heterocycles. The van der Waals surface area contributed by atoms with Gasteiger partial charge in [0, 0.05) is 0 Å². The van der Waals surface area contributed by atoms with E-state index in [-0.39, 0.29) is 18.1 Å². The van der Waals surface area contributed by atoms with E-state index in [1.54, 1.807) is 0 Å². The van der Waals surface area contributed by atoms with Crippen molar-refractivity contribution in [3.05, 3.63) is 0 Å². The molecule has 0 aromatic carbocycles. The predicted molar refractivity (Wildman–Crippen MR) is 68.1 cm³/mol. The summed E-state index contributed by atoms with van der Waals surface area (Å²) in [5.74, 6) is -14.5. The van der Waals surface area contributed by atoms with Gasteiger partial charge in [-0.2, -0.15) is 47.9 Å². The molecule has 0 rings (SSSR count). The van der Waals surface area contributed by atoms with Crippen LogP contribution in [-0.2, 0) is 14.0 Å². The number of halogens is 9. The van der Waals surface area contributed by atoms with E-state index in [2.05, 4.69) is 3.87 Å². The first-order chi connectivity index (χ1) is 10.4. The Bertz CT molecular complexity index is 532. The zero-order chi connectivity index (χ0) is 19.8. The Labute approximate surface area is 133 Å². The molecule has 0 aliphatic rings. The van der Waals surface area contributed by atoms with Gasteiger partial charge in [0.2, 0.25) is 8.32 Å². The zero-order valence-electron chi connectivity index (χ0n) is 12.7. The lowest BCUT2D eigenvalue weighted by molar-refractivity contribution is -0.382. The molecule has 0 bridgehead atoms. The summed E-state index contributed by atoms with van der Waals surface area (Å²) in [6, 6.07) is -0.469. The number of hydrogen-bond donors (Lipinski definition) is 0. The molecular weight excluding hydrogens is 399 g/mol. The quantitative estimate of drug-likeness (QED) is 0.425. The molecule has 0 amide bonds. The highest BCUT2D eigenvalue weighted by molar-refractivity contribution is 7.88. The molecule has 0 saturated carbocycles. The summed E-state index contributed by atoms with van der Waals surface area (Å²) in [5, 5.41) is -6.78. The van der Waals surface area contributed by atoms with Crippen LogP contribution in [0.3, 0.4) is 0 Å². The molecule has 146 valence electrons. The van der Waals surface area contributed by atoms with Gasteiger partial charge in [-0.1, -0.05) is 20.8 Å². The third-order valence-corrected chi connectivity index (χ3v) is 10.7. The predicted octanol–water partition coefficient (Wildman–Crippen LogP) is 4.76. The smallest absolute Gasteiger partial charge is 0.310 e. The SMILES string of the molecule is CC[Si](CC)(CC)OS(=O)(=O)C(F)(F)C(F)(F)C(F)(F)C(F)(F)F. The van der Waals surface area contributed by atoms with Crippen molar-refractivity contribution in [2.45, 2.75) is 62.2 Å². The Kier molecular flexibility index (Phi) is 6.52. The van der Waals surface area contributed by atoms with Gasteiger partial charge in [0.15, 0.2) is 0 Å². The van der Waals surface area contributed by atoms with E-state index in [1.807, 2.05) is 0 Å². The van der Waals surface area contributed by atoms with Gasteiger partial charge >= 0.3 is 33.4 Å². The van der Waals surface area contributed by atoms with Gasteiger partial charge < -0.3 is 3.87 Å². The number of alkyl halides is 9. The number of rotatable bonds is 8. The maximum absolute atomic E-state index is 13.5. The van der Waals surface area contributed by atoms with Crippen molar-refractivity contribution in [2.75, 3.05) is 0 Å². The standard InChI is InChI=1S/C10H15F9O3SSi/c1-4-24(5-2,6-3)22-23(20,21)10(18,19)8(13,14)7(11,12)9(15,16)17/h4-6H2,1-3H3. The van der Waals surface area contributed by atoms with Crippen LogP contribution in [0.4, 0.5) is 39.5 Å². The molecule has 0 aromatic heterocycles. The Morgan fingerprint density at radius 1 is 0.750 bits per heavy atom. The van der Waals surface area contributed by atoms with Crippen molar-refractivity contribution >= 4 is 18.4 Å². The second-order valence-electron chi connectivity index (χ2n) is 4.94. The van der Waals surface area contributed by atoms with E-state index in [0.717, 1.165) is 0 Å². The topological polar surface area (TPSA) is 43.4 Å². The lowest BCUT2D eigenvalue weighted by Crippen LogP contribution is -2.64. The Morgan fingerprint density at radius 3 is 1.33 bits per heavy atom. The summed E-state index contributed by atoms with van der Waals surface area (Å²) in [5.41, 5.74) is 0. The van der Waals surface area contributed by atoms with E-state index < -0.39 is 41.7 Å². The van der Waals surface area contributed by atoms with Crippen LogP contribution in [0.15, 0.2) is 0 Å². The van der Waals surface area contributed by atoms with E-state index in [9.17, 15) is 47.9 Å². The van der Waals surface area contributed by atoms with Gasteiger partial charge in [-0.15, -0.1) is 0 Å². The van der Waals surface area contributed by atoms with Gasteiger partial charge in [-0.25, -0.2) is 0 Å². The summed E-state index contributed by atoms with van der Waals surface area (Å²) < 4.78 is 142. The van der Waals surface area contributed by atoms with Crippen molar-refractivity contribution < 1.29 is 51.8 Å². The summed E-state index contributed by atoms with van der Waals surface area (Å²) in [7, 11) is -10.3. The normalized spacial score (nSPS) is 15.7. The van der Waals surface area contributed by atoms with Crippen LogP contribution in [0, 0.1) is 0 Å². The summed E-state index contributed by atoms with van der Waals surface area (Å²) in [6.45, 7) is 3.90. The van der Waals surface area contributed by atoms with Gasteiger partial charge in [0.25, 0.3) is 0 Å². The minimum absolute atomic E-state index is 0.156. The molecule has 3 nitrogen and oxygen atoms in total. The largest absolute Gasteiger partial charge is 0.460 e. The van der Waals surface area contributed by atoms with Crippen molar-refractivity contribution in [2.24, 2.45) is 0 Å². The Morgan fingerprint density at radius 2 is 1.08 bits per heavy atom. The second kappa shape index (κ2) is 6.66. The van der Waals surface area contributed by atoms with Gasteiger partial charge in [0.1, 0.15) is 0 Å². The maximum Gasteiger partial charge on any atom is 0.460 e. The minimum Gasteiger partial charge on any atom is -0.310 e. The van der Waals surface area contributed by atoms with Crippen molar-refractivity contribution in [1.82, 2.24) is 0 Å². The van der Waals surface area contributed by atoms with Crippen LogP contribution in [0.1, 0.15) is 20.8 Å². The van der Waals surface area contributed by atoms with Crippen LogP contribution in [0.25, 0.3) is 0 Å². The summed E-state index contributed by atoms with van der Waals surface area (Å²) in [6.07, 6.45) is -7.09. The Balaban J connectivity index is 6.13. The van der Waals surface area contributed by atoms with E-state index >= 15 is 0 Å². The fourth-order valence-corrected chi connectivity index (χ4v) is 7.37. The van der Waals surface area contributed by atoms with Crippen molar-refractivity contribution in [3.63, 3.8) is 0 Å². The molecule has 0 aromatic rings. The number of hydrogen-bond acceptors (Lipinski definition) is 3. The second-order valence-corrected chi connectivity index (χ2v) is 11.5. The van der Waals surface area contributed by atoms with Crippen LogP contribution >= 0.6 is 0 Å². The molecule has 0 atom stereocenters. The van der Waals surface area contributed by atoms with Gasteiger partial charge in [0.05, 0.1) is 0 Å². The summed E-state index contributed by atoms with van der Waals surface area (Å²) >= 11 is 0. The molecule has 0 radical (unpaired) electrons. The van der Waals surface area contributed by atoms with Crippen LogP contribution in [0.2, 0.25) is 18.1 Å². The molecule has 0 unspecified atom stereocenters. The van der Waals surface area contributed by atoms with E-state index in [4.69, 9.17) is 0 Å². The fourth-order valence-electron chi connectivity index (χ4n) is 1.73. The molecule has 0 aliphatic carbocycles. The van der Waals surface area contributed by atoms with Crippen molar-refractivity contribution in [1.29, 1.82) is 0 Å². The molecule has 24 heavy (non-hydrogen) atoms. The molecule has 0 aliphatic heterocycles. The van der Waals surface area contributed by atoms with Gasteiger partial charge in [-0.05, 0) is 18.1 Å². The first kappa shape index (κ1) is 23.5. The lowest BCUT2D eigenvalue weighted by atomic mass is 10.1. The molecule has 0 spiro atoms. The highest BCUT2D eigenvalue weighted by Gasteiger charge is 2.86. The lowest BCUT2D eigenvalue weighted by Gasteiger charge is -2.35. The molecular formula is C10H15F9O3SSi. The first-order valence-corrected chi connectivity index (χ1v) is 10.5. The van der Waals surface area contributed by atoms with E-state index in [1.165, 1.54) is 20.8 Å². The monoisotopic (exact) mass is 414 g/mol. The van der Waals surface area contributed by atoms with Crippen LogP contribution in [-0.4, -0.2) is 40.0 Å². The summed E-state index contributed by atoms with van der Waals surface area (Å²) in [4.78, 5) is 0. The van der Waals surface area contributed by atoms with E-state index in [0.29, 0.717) is 0 Å². The van der Waals surface area contributed by atoms with Crippen LogP contribution < -0.4 is 0 Å². The molecule has 14 heteroatoms. The first-order valence-electron chi connectivity index (χ1n) is 6.54. The molecule has 0 fully saturated rings. The highest BCUT2D eigenvalue weighted by atomic mass is 32.2. The maximum atomic E-state index is 13.5. The van der Waals surface area contributed by atoms with Crippen LogP contribution in [0.5, 0.6) is 0 Å². The highest BCUT2D eigenvalue weighted by Crippen LogP contribution is 2.55. The third kappa shape index (κ3) is 3.54. The molecule has 0 heterocycles. The average molecular weight is 414 g/mol. The minimum atomic E-state index is -7.28. The molecule has 0 N–H and O–H groups in total. The van der Waals surface area contributed by atoms with Gasteiger partial charge in [-0.3, -0.25) is 0 Å². The average Bonchev–Trinajstić information content (AvgIpc) is 2.43. The fraction of sp³-hybridized carbons (Fsp3) is 1.00. The third-order valence-electron chi connectivity index (χ3n) is 3.65. The zero-order valence-corrected chi connectivity index (χ0v) is 14.5.